The van der Waals surface area contributed by atoms with Crippen LogP contribution in [0.4, 0.5) is 5.69 Å². The molecule has 0 saturated heterocycles. The topological polar surface area (TPSA) is 68.8 Å². The van der Waals surface area contributed by atoms with Crippen molar-refractivity contribution in [2.75, 3.05) is 32.4 Å². The summed E-state index contributed by atoms with van der Waals surface area (Å²) in [6, 6.07) is 22.1. The van der Waals surface area contributed by atoms with Gasteiger partial charge in [0.05, 0.1) is 12.0 Å². The lowest BCUT2D eigenvalue weighted by Crippen LogP contribution is -2.27. The molecule has 5 rings (SSSR count). The monoisotopic (exact) mass is 462 g/mol. The van der Waals surface area contributed by atoms with E-state index in [-0.39, 0.29) is 12.7 Å². The van der Waals surface area contributed by atoms with Crippen LogP contribution < -0.4 is 19.5 Å². The predicted octanol–water partition coefficient (Wildman–Crippen LogP) is 5.00. The molecule has 1 heterocycles. The second-order valence-corrected chi connectivity index (χ2v) is 9.16. The van der Waals surface area contributed by atoms with Crippen LogP contribution in [0, 0.1) is 0 Å². The molecule has 3 aromatic carbocycles. The number of anilines is 1. The van der Waals surface area contributed by atoms with Crippen molar-refractivity contribution in [3.8, 4) is 22.6 Å². The van der Waals surface area contributed by atoms with Crippen molar-refractivity contribution in [3.05, 3.63) is 72.3 Å². The van der Waals surface area contributed by atoms with Gasteiger partial charge < -0.3 is 19.5 Å². The zero-order valence-electron chi connectivity index (χ0n) is 18.4. The molecule has 0 spiro atoms. The Hall–Kier alpha value is -3.00. The van der Waals surface area contributed by atoms with Crippen LogP contribution in [0.25, 0.3) is 11.1 Å². The number of methoxy groups -OCH3 is 1. The van der Waals surface area contributed by atoms with Gasteiger partial charge >= 0.3 is 0 Å². The van der Waals surface area contributed by atoms with Crippen molar-refractivity contribution in [2.45, 2.75) is 23.2 Å². The fraction of sp³-hybridized carbons (Fsp3) is 0.269. The summed E-state index contributed by atoms with van der Waals surface area (Å²) < 4.78 is 19.2. The first-order valence-corrected chi connectivity index (χ1v) is 11.8. The van der Waals surface area contributed by atoms with Gasteiger partial charge in [-0.1, -0.05) is 30.3 Å². The molecule has 0 bridgehead atoms. The Bertz CT molecular complexity index is 1150. The van der Waals surface area contributed by atoms with E-state index in [9.17, 15) is 4.79 Å². The molecule has 1 saturated carbocycles. The maximum absolute atomic E-state index is 13.2. The van der Waals surface area contributed by atoms with Crippen molar-refractivity contribution in [1.29, 1.82) is 0 Å². The van der Waals surface area contributed by atoms with Gasteiger partial charge in [-0.2, -0.15) is 0 Å². The third-order valence-corrected chi connectivity index (χ3v) is 6.87. The van der Waals surface area contributed by atoms with Crippen LogP contribution in [0.5, 0.6) is 11.5 Å². The lowest BCUT2D eigenvalue weighted by Gasteiger charge is -2.17. The molecule has 2 N–H and O–H groups in total. The van der Waals surface area contributed by atoms with Crippen molar-refractivity contribution in [3.63, 3.8) is 0 Å². The Kier molecular flexibility index (Phi) is 6.26. The molecule has 1 aliphatic heterocycles. The van der Waals surface area contributed by atoms with E-state index in [2.05, 4.69) is 40.4 Å². The van der Waals surface area contributed by atoms with Crippen molar-refractivity contribution >= 4 is 23.5 Å². The predicted molar refractivity (Wildman–Crippen MR) is 130 cm³/mol. The van der Waals surface area contributed by atoms with Crippen LogP contribution in [-0.4, -0.2) is 33.0 Å². The van der Waals surface area contributed by atoms with E-state index in [0.29, 0.717) is 12.4 Å². The van der Waals surface area contributed by atoms with Gasteiger partial charge in [0, 0.05) is 24.2 Å². The fourth-order valence-corrected chi connectivity index (χ4v) is 4.61. The van der Waals surface area contributed by atoms with Crippen molar-refractivity contribution in [2.24, 2.45) is 0 Å². The molecular weight excluding hydrogens is 436 g/mol. The number of rotatable bonds is 9. The molecule has 7 heteroatoms. The zero-order valence-corrected chi connectivity index (χ0v) is 19.2. The van der Waals surface area contributed by atoms with Crippen LogP contribution in [0.1, 0.15) is 18.4 Å². The second-order valence-electron chi connectivity index (χ2n) is 8.20. The van der Waals surface area contributed by atoms with E-state index in [1.165, 1.54) is 0 Å². The fourth-order valence-electron chi connectivity index (χ4n) is 3.99. The average molecular weight is 463 g/mol. The van der Waals surface area contributed by atoms with Gasteiger partial charge in [0.25, 0.3) is 0 Å². The highest BCUT2D eigenvalue weighted by Gasteiger charge is 2.51. The standard InChI is InChI=1S/C26H26N2O4S/c1-30-14-13-27-33-22-8-5-18(6-9-22)19-3-2-4-21(15-19)28-25(29)26(11-12-26)20-7-10-23-24(16-20)32-17-31-23/h2-10,15-16,27H,11-14,17H2,1H3,(H,28,29). The SMILES string of the molecule is COCCNSc1ccc(-c2cccc(NC(=O)C3(c4ccc5c(c4)OCO5)CC3)c2)cc1. The van der Waals surface area contributed by atoms with Gasteiger partial charge in [-0.15, -0.1) is 0 Å². The van der Waals surface area contributed by atoms with Gasteiger partial charge in [0.2, 0.25) is 12.7 Å². The molecule has 0 radical (unpaired) electrons. The Balaban J connectivity index is 1.26. The number of hydrogen-bond donors (Lipinski definition) is 2. The first-order valence-electron chi connectivity index (χ1n) is 11.0. The van der Waals surface area contributed by atoms with E-state index >= 15 is 0 Å². The smallest absolute Gasteiger partial charge is 0.235 e. The number of nitrogens with one attached hydrogen (secondary N) is 2. The number of amides is 1. The van der Waals surface area contributed by atoms with Crippen LogP contribution in [0.3, 0.4) is 0 Å². The number of carbonyl (C=O) groups is 1. The van der Waals surface area contributed by atoms with E-state index in [0.717, 1.165) is 52.4 Å². The molecule has 0 atom stereocenters. The summed E-state index contributed by atoms with van der Waals surface area (Å²) in [4.78, 5) is 14.4. The normalized spacial score (nSPS) is 15.3. The highest BCUT2D eigenvalue weighted by Crippen LogP contribution is 2.51. The van der Waals surface area contributed by atoms with Crippen molar-refractivity contribution in [1.82, 2.24) is 4.72 Å². The Labute approximate surface area is 197 Å². The molecule has 6 nitrogen and oxygen atoms in total. The van der Waals surface area contributed by atoms with Crippen LogP contribution in [0.15, 0.2) is 71.6 Å². The van der Waals surface area contributed by atoms with Crippen LogP contribution in [-0.2, 0) is 14.9 Å². The largest absolute Gasteiger partial charge is 0.454 e. The number of fused-ring (bicyclic) bond motifs is 1. The Morgan fingerprint density at radius 2 is 1.82 bits per heavy atom. The maximum Gasteiger partial charge on any atom is 0.235 e. The molecule has 1 aliphatic carbocycles. The maximum atomic E-state index is 13.2. The van der Waals surface area contributed by atoms with E-state index < -0.39 is 5.41 Å². The van der Waals surface area contributed by atoms with Crippen LogP contribution >= 0.6 is 11.9 Å². The summed E-state index contributed by atoms with van der Waals surface area (Å²) in [6.45, 7) is 1.70. The number of carbonyl (C=O) groups excluding carboxylic acids is 1. The summed E-state index contributed by atoms with van der Waals surface area (Å²) in [5, 5.41) is 3.14. The molecule has 0 unspecified atom stereocenters. The molecule has 170 valence electrons. The minimum atomic E-state index is -0.494. The molecule has 1 amide bonds. The first-order chi connectivity index (χ1) is 16.2. The number of hydrogen-bond acceptors (Lipinski definition) is 6. The van der Waals surface area contributed by atoms with Gasteiger partial charge in [-0.05, 0) is 77.9 Å². The minimum Gasteiger partial charge on any atom is -0.454 e. The Morgan fingerprint density at radius 3 is 2.61 bits per heavy atom. The molecule has 3 aromatic rings. The third kappa shape index (κ3) is 4.71. The van der Waals surface area contributed by atoms with Gasteiger partial charge in [0.15, 0.2) is 11.5 Å². The third-order valence-electron chi connectivity index (χ3n) is 6.02. The zero-order chi connectivity index (χ0) is 22.7. The van der Waals surface area contributed by atoms with Gasteiger partial charge in [-0.25, -0.2) is 0 Å². The lowest BCUT2D eigenvalue weighted by atomic mass is 9.94. The molecular formula is C26H26N2O4S. The first kappa shape index (κ1) is 21.8. The van der Waals surface area contributed by atoms with E-state index in [4.69, 9.17) is 14.2 Å². The average Bonchev–Trinajstić information content (AvgIpc) is 3.53. The second kappa shape index (κ2) is 9.47. The Morgan fingerprint density at radius 1 is 1.00 bits per heavy atom. The van der Waals surface area contributed by atoms with Crippen LogP contribution in [0.2, 0.25) is 0 Å². The van der Waals surface area contributed by atoms with Gasteiger partial charge in [0.1, 0.15) is 0 Å². The van der Waals surface area contributed by atoms with E-state index in [1.807, 2.05) is 36.4 Å². The lowest BCUT2D eigenvalue weighted by molar-refractivity contribution is -0.118. The van der Waals surface area contributed by atoms with Crippen molar-refractivity contribution < 1.29 is 19.0 Å². The van der Waals surface area contributed by atoms with Gasteiger partial charge in [-0.3, -0.25) is 9.52 Å². The highest BCUT2D eigenvalue weighted by molar-refractivity contribution is 7.97. The summed E-state index contributed by atoms with van der Waals surface area (Å²) >= 11 is 1.59. The number of ether oxygens (including phenoxy) is 3. The van der Waals surface area contributed by atoms with E-state index in [1.54, 1.807) is 19.1 Å². The summed E-state index contributed by atoms with van der Waals surface area (Å²) in [7, 11) is 1.69. The quantitative estimate of drug-likeness (QED) is 0.345. The summed E-state index contributed by atoms with van der Waals surface area (Å²) in [5.41, 5.74) is 3.44. The number of benzene rings is 3. The summed E-state index contributed by atoms with van der Waals surface area (Å²) in [6.07, 6.45) is 1.66. The minimum absolute atomic E-state index is 0.0207. The molecule has 1 fully saturated rings. The summed E-state index contributed by atoms with van der Waals surface area (Å²) in [5.74, 6) is 1.47. The molecule has 2 aliphatic rings. The highest BCUT2D eigenvalue weighted by atomic mass is 32.2. The molecule has 0 aromatic heterocycles. The molecule has 33 heavy (non-hydrogen) atoms.